The molecule has 7 heteroatoms. The van der Waals surface area contributed by atoms with Gasteiger partial charge >= 0.3 is 5.97 Å². The second-order valence-electron chi connectivity index (χ2n) is 6.73. The number of benzene rings is 3. The van der Waals surface area contributed by atoms with Crippen LogP contribution in [-0.4, -0.2) is 24.9 Å². The van der Waals surface area contributed by atoms with E-state index in [0.717, 1.165) is 5.56 Å². The second-order valence-corrected chi connectivity index (χ2v) is 9.29. The van der Waals surface area contributed by atoms with E-state index < -0.39 is 10.0 Å². The first-order valence-corrected chi connectivity index (χ1v) is 12.7. The quantitative estimate of drug-likeness (QED) is 0.217. The van der Waals surface area contributed by atoms with Gasteiger partial charge in [-0.3, -0.25) is 4.72 Å². The van der Waals surface area contributed by atoms with Gasteiger partial charge in [0.25, 0.3) is 10.0 Å². The SMILES string of the molecule is O=C(O[C@H](CI)C/C=C/c1cccc(S(=O)(=O)Nc2ccccc2)c1)c1ccccc1. The molecule has 0 unspecified atom stereocenters. The highest BCUT2D eigenvalue weighted by Gasteiger charge is 2.15. The maximum absolute atomic E-state index is 12.6. The van der Waals surface area contributed by atoms with Crippen molar-refractivity contribution in [3.63, 3.8) is 0 Å². The van der Waals surface area contributed by atoms with Crippen molar-refractivity contribution in [1.82, 2.24) is 0 Å². The summed E-state index contributed by atoms with van der Waals surface area (Å²) >= 11 is 2.18. The number of nitrogens with one attached hydrogen (secondary N) is 1. The molecule has 3 aromatic carbocycles. The van der Waals surface area contributed by atoms with Crippen LogP contribution in [0.25, 0.3) is 6.08 Å². The van der Waals surface area contributed by atoms with E-state index in [9.17, 15) is 13.2 Å². The van der Waals surface area contributed by atoms with E-state index in [-0.39, 0.29) is 17.0 Å². The molecule has 0 saturated heterocycles. The smallest absolute Gasteiger partial charge is 0.338 e. The summed E-state index contributed by atoms with van der Waals surface area (Å²) in [6.45, 7) is 0. The summed E-state index contributed by atoms with van der Waals surface area (Å²) in [6.07, 6.45) is 3.98. The first-order chi connectivity index (χ1) is 15.0. The van der Waals surface area contributed by atoms with Crippen LogP contribution >= 0.6 is 22.6 Å². The number of rotatable bonds is 9. The first-order valence-electron chi connectivity index (χ1n) is 9.64. The molecule has 3 rings (SSSR count). The summed E-state index contributed by atoms with van der Waals surface area (Å²) in [6, 6.07) is 24.3. The van der Waals surface area contributed by atoms with Crippen LogP contribution in [0.5, 0.6) is 0 Å². The lowest BCUT2D eigenvalue weighted by Crippen LogP contribution is -2.19. The van der Waals surface area contributed by atoms with Crippen molar-refractivity contribution in [2.45, 2.75) is 17.4 Å². The molecule has 0 spiro atoms. The van der Waals surface area contributed by atoms with E-state index in [4.69, 9.17) is 4.74 Å². The van der Waals surface area contributed by atoms with Crippen LogP contribution in [0.1, 0.15) is 22.3 Å². The van der Waals surface area contributed by atoms with Crippen molar-refractivity contribution in [3.8, 4) is 0 Å². The maximum Gasteiger partial charge on any atom is 0.338 e. The minimum absolute atomic E-state index is 0.180. The third-order valence-corrected chi connectivity index (χ3v) is 6.72. The van der Waals surface area contributed by atoms with Gasteiger partial charge in [0, 0.05) is 16.5 Å². The van der Waals surface area contributed by atoms with Crippen molar-refractivity contribution >= 4 is 50.3 Å². The predicted octanol–water partition coefficient (Wildman–Crippen LogP) is 5.55. The fourth-order valence-corrected chi connectivity index (χ4v) is 4.45. The number of sulfonamides is 1. The summed E-state index contributed by atoms with van der Waals surface area (Å²) in [5, 5.41) is 0. The number of anilines is 1. The van der Waals surface area contributed by atoms with E-state index in [1.54, 1.807) is 66.7 Å². The molecule has 0 aliphatic carbocycles. The van der Waals surface area contributed by atoms with Crippen molar-refractivity contribution < 1.29 is 17.9 Å². The lowest BCUT2D eigenvalue weighted by Gasteiger charge is -2.13. The van der Waals surface area contributed by atoms with Crippen molar-refractivity contribution in [2.24, 2.45) is 0 Å². The van der Waals surface area contributed by atoms with Gasteiger partial charge in [-0.05, 0) is 42.0 Å². The maximum atomic E-state index is 12.6. The number of para-hydroxylation sites is 1. The molecule has 160 valence electrons. The van der Waals surface area contributed by atoms with E-state index >= 15 is 0 Å². The third-order valence-electron chi connectivity index (χ3n) is 4.36. The zero-order valence-corrected chi connectivity index (χ0v) is 19.6. The minimum Gasteiger partial charge on any atom is -0.458 e. The largest absolute Gasteiger partial charge is 0.458 e. The molecule has 3 aromatic rings. The number of hydrogen-bond donors (Lipinski definition) is 1. The van der Waals surface area contributed by atoms with E-state index in [1.807, 2.05) is 30.4 Å². The van der Waals surface area contributed by atoms with Crippen LogP contribution < -0.4 is 4.72 Å². The van der Waals surface area contributed by atoms with Gasteiger partial charge in [0.15, 0.2) is 0 Å². The Balaban J connectivity index is 1.63. The Labute approximate surface area is 196 Å². The van der Waals surface area contributed by atoms with Gasteiger partial charge in [0.05, 0.1) is 10.5 Å². The molecule has 0 saturated carbocycles. The van der Waals surface area contributed by atoms with Crippen molar-refractivity contribution in [2.75, 3.05) is 9.15 Å². The Morgan fingerprint density at radius 3 is 2.32 bits per heavy atom. The normalized spacial score (nSPS) is 12.4. The van der Waals surface area contributed by atoms with Gasteiger partial charge in [0.1, 0.15) is 6.10 Å². The number of carbonyl (C=O) groups excluding carboxylic acids is 1. The molecular weight excluding hydrogens is 525 g/mol. The number of carbonyl (C=O) groups is 1. The van der Waals surface area contributed by atoms with Gasteiger partial charge in [0.2, 0.25) is 0 Å². The number of halogens is 1. The average Bonchev–Trinajstić information content (AvgIpc) is 2.79. The Morgan fingerprint density at radius 1 is 0.968 bits per heavy atom. The van der Waals surface area contributed by atoms with Crippen LogP contribution in [0, 0.1) is 0 Å². The summed E-state index contributed by atoms with van der Waals surface area (Å²) < 4.78 is 34.1. The second kappa shape index (κ2) is 11.1. The highest BCUT2D eigenvalue weighted by atomic mass is 127. The van der Waals surface area contributed by atoms with Crippen LogP contribution in [0.4, 0.5) is 5.69 Å². The standard InChI is InChI=1S/C24H22INO4S/c25-18-22(30-24(27)20-11-3-1-4-12-20)15-7-9-19-10-8-16-23(17-19)31(28,29)26-21-13-5-2-6-14-21/h1-14,16-17,22,26H,15,18H2/b9-7+/t22-/m0/s1. The van der Waals surface area contributed by atoms with Crippen molar-refractivity contribution in [1.29, 1.82) is 0 Å². The Morgan fingerprint density at radius 2 is 1.65 bits per heavy atom. The van der Waals surface area contributed by atoms with Gasteiger partial charge in [-0.25, -0.2) is 13.2 Å². The number of ether oxygens (including phenoxy) is 1. The lowest BCUT2D eigenvalue weighted by atomic mass is 10.1. The van der Waals surface area contributed by atoms with E-state index in [2.05, 4.69) is 27.3 Å². The Bertz CT molecular complexity index is 1130. The highest BCUT2D eigenvalue weighted by Crippen LogP contribution is 2.18. The zero-order valence-electron chi connectivity index (χ0n) is 16.6. The monoisotopic (exact) mass is 547 g/mol. The van der Waals surface area contributed by atoms with Gasteiger partial charge in [-0.1, -0.05) is 83.3 Å². The fourth-order valence-electron chi connectivity index (χ4n) is 2.80. The molecule has 0 aliphatic rings. The molecule has 31 heavy (non-hydrogen) atoms. The predicted molar refractivity (Wildman–Crippen MR) is 132 cm³/mol. The van der Waals surface area contributed by atoms with Crippen molar-refractivity contribution in [3.05, 3.63) is 102 Å². The van der Waals surface area contributed by atoms with Gasteiger partial charge in [-0.2, -0.15) is 0 Å². The number of hydrogen-bond acceptors (Lipinski definition) is 4. The van der Waals surface area contributed by atoms with E-state index in [1.165, 1.54) is 0 Å². The molecule has 0 heterocycles. The molecule has 5 nitrogen and oxygen atoms in total. The molecular formula is C24H22INO4S. The summed E-state index contributed by atoms with van der Waals surface area (Å²) in [4.78, 5) is 12.4. The molecule has 1 atom stereocenters. The molecule has 0 aliphatic heterocycles. The highest BCUT2D eigenvalue weighted by molar-refractivity contribution is 14.1. The topological polar surface area (TPSA) is 72.5 Å². The molecule has 0 bridgehead atoms. The molecule has 1 N–H and O–H groups in total. The summed E-state index contributed by atoms with van der Waals surface area (Å²) in [7, 11) is -3.68. The fraction of sp³-hybridized carbons (Fsp3) is 0.125. The number of alkyl halides is 1. The van der Waals surface area contributed by atoms with E-state index in [0.29, 0.717) is 22.1 Å². The molecule has 0 amide bonds. The molecule has 0 aromatic heterocycles. The Hall–Kier alpha value is -2.65. The van der Waals surface area contributed by atoms with Crippen LogP contribution in [0.15, 0.2) is 95.9 Å². The summed E-state index contributed by atoms with van der Waals surface area (Å²) in [5.74, 6) is -0.351. The van der Waals surface area contributed by atoms with Crippen LogP contribution in [-0.2, 0) is 14.8 Å². The first kappa shape index (κ1) is 23.0. The van der Waals surface area contributed by atoms with Crippen LogP contribution in [0.3, 0.4) is 0 Å². The average molecular weight is 547 g/mol. The molecule has 0 fully saturated rings. The minimum atomic E-state index is -3.68. The Kier molecular flexibility index (Phi) is 8.25. The van der Waals surface area contributed by atoms with Crippen LogP contribution in [0.2, 0.25) is 0 Å². The summed E-state index contributed by atoms with van der Waals surface area (Å²) in [5.41, 5.74) is 1.77. The zero-order chi connectivity index (χ0) is 22.1. The number of esters is 1. The van der Waals surface area contributed by atoms with Gasteiger partial charge < -0.3 is 4.74 Å². The molecule has 0 radical (unpaired) electrons. The lowest BCUT2D eigenvalue weighted by molar-refractivity contribution is 0.0363. The third kappa shape index (κ3) is 6.93. The van der Waals surface area contributed by atoms with Gasteiger partial charge in [-0.15, -0.1) is 0 Å².